The monoisotopic (exact) mass is 279 g/mol. The molecule has 0 aliphatic carbocycles. The number of aliphatic imine (C=N–C) groups is 1. The van der Waals surface area contributed by atoms with Crippen LogP contribution in [0.2, 0.25) is 0 Å². The third-order valence-electron chi connectivity index (χ3n) is 2.78. The molecular weight excluding hydrogens is 253 g/mol. The van der Waals surface area contributed by atoms with Crippen LogP contribution in [0.15, 0.2) is 29.3 Å². The van der Waals surface area contributed by atoms with Crippen LogP contribution in [0.5, 0.6) is 0 Å². The van der Waals surface area contributed by atoms with E-state index in [1.54, 1.807) is 12.1 Å². The van der Waals surface area contributed by atoms with E-state index in [4.69, 9.17) is 0 Å². The molecule has 0 saturated carbocycles. The molecule has 0 saturated heterocycles. The molecule has 0 atom stereocenters. The molecule has 0 aliphatic heterocycles. The number of guanidine groups is 1. The van der Waals surface area contributed by atoms with Gasteiger partial charge in [-0.3, -0.25) is 4.99 Å². The fourth-order valence-corrected chi connectivity index (χ4v) is 1.81. The third-order valence-corrected chi connectivity index (χ3v) is 2.78. The molecule has 0 radical (unpaired) electrons. The van der Waals surface area contributed by atoms with Crippen LogP contribution in [0.1, 0.15) is 32.8 Å². The molecule has 1 aromatic carbocycles. The van der Waals surface area contributed by atoms with Crippen LogP contribution in [-0.4, -0.2) is 25.6 Å². The predicted molar refractivity (Wildman–Crippen MR) is 83.5 cm³/mol. The lowest BCUT2D eigenvalue weighted by atomic mass is 10.1. The summed E-state index contributed by atoms with van der Waals surface area (Å²) in [7, 11) is 0. The van der Waals surface area contributed by atoms with Crippen molar-refractivity contribution in [3.05, 3.63) is 35.6 Å². The maximum Gasteiger partial charge on any atom is 0.191 e. The first-order chi connectivity index (χ1) is 9.61. The molecule has 0 spiro atoms. The average molecular weight is 279 g/mol. The highest BCUT2D eigenvalue weighted by molar-refractivity contribution is 5.79. The number of nitrogens with one attached hydrogen (secondary N) is 2. The third kappa shape index (κ3) is 7.12. The Labute approximate surface area is 121 Å². The van der Waals surface area contributed by atoms with Gasteiger partial charge in [0, 0.05) is 19.6 Å². The molecular formula is C16H26FN3. The molecule has 4 heteroatoms. The van der Waals surface area contributed by atoms with Gasteiger partial charge in [-0.2, -0.15) is 0 Å². The molecule has 0 bridgehead atoms. The van der Waals surface area contributed by atoms with Gasteiger partial charge in [-0.25, -0.2) is 4.39 Å². The number of nitrogens with zero attached hydrogens (tertiary/aromatic N) is 1. The van der Waals surface area contributed by atoms with E-state index >= 15 is 0 Å². The zero-order chi connectivity index (χ0) is 14.8. The SMILES string of the molecule is CCNC(=NCC(C)C)NCCCc1cccc(F)c1. The molecule has 112 valence electrons. The van der Waals surface area contributed by atoms with E-state index < -0.39 is 0 Å². The second kappa shape index (κ2) is 9.34. The van der Waals surface area contributed by atoms with Crippen molar-refractivity contribution in [2.24, 2.45) is 10.9 Å². The summed E-state index contributed by atoms with van der Waals surface area (Å²) < 4.78 is 13.0. The molecule has 0 aliphatic rings. The van der Waals surface area contributed by atoms with Crippen molar-refractivity contribution in [2.45, 2.75) is 33.6 Å². The van der Waals surface area contributed by atoms with Crippen LogP contribution in [0.4, 0.5) is 4.39 Å². The molecule has 1 aromatic rings. The first kappa shape index (κ1) is 16.5. The van der Waals surface area contributed by atoms with Gasteiger partial charge in [-0.15, -0.1) is 0 Å². The molecule has 0 heterocycles. The maximum absolute atomic E-state index is 13.0. The van der Waals surface area contributed by atoms with Crippen molar-refractivity contribution >= 4 is 5.96 Å². The van der Waals surface area contributed by atoms with Gasteiger partial charge in [-0.05, 0) is 43.4 Å². The fourth-order valence-electron chi connectivity index (χ4n) is 1.81. The second-order valence-electron chi connectivity index (χ2n) is 5.27. The Bertz CT molecular complexity index is 416. The van der Waals surface area contributed by atoms with Crippen molar-refractivity contribution in [1.82, 2.24) is 10.6 Å². The van der Waals surface area contributed by atoms with Crippen molar-refractivity contribution in [1.29, 1.82) is 0 Å². The van der Waals surface area contributed by atoms with Crippen LogP contribution >= 0.6 is 0 Å². The van der Waals surface area contributed by atoms with E-state index in [1.807, 2.05) is 6.07 Å². The summed E-state index contributed by atoms with van der Waals surface area (Å²) in [6, 6.07) is 6.79. The average Bonchev–Trinajstić information content (AvgIpc) is 2.40. The Morgan fingerprint density at radius 1 is 1.30 bits per heavy atom. The number of hydrogen-bond acceptors (Lipinski definition) is 1. The molecule has 0 amide bonds. The van der Waals surface area contributed by atoms with E-state index in [1.165, 1.54) is 6.07 Å². The summed E-state index contributed by atoms with van der Waals surface area (Å²) in [5.41, 5.74) is 1.04. The molecule has 2 N–H and O–H groups in total. The lowest BCUT2D eigenvalue weighted by Gasteiger charge is -2.12. The van der Waals surface area contributed by atoms with Gasteiger partial charge in [0.2, 0.25) is 0 Å². The Hall–Kier alpha value is -1.58. The van der Waals surface area contributed by atoms with E-state index in [0.717, 1.165) is 44.0 Å². The van der Waals surface area contributed by atoms with Crippen LogP contribution in [0, 0.1) is 11.7 Å². The summed E-state index contributed by atoms with van der Waals surface area (Å²) in [5.74, 6) is 1.25. The van der Waals surface area contributed by atoms with Gasteiger partial charge in [0.1, 0.15) is 5.82 Å². The van der Waals surface area contributed by atoms with Crippen LogP contribution in [-0.2, 0) is 6.42 Å². The minimum atomic E-state index is -0.165. The minimum absolute atomic E-state index is 0.165. The summed E-state index contributed by atoms with van der Waals surface area (Å²) in [5, 5.41) is 6.53. The number of hydrogen-bond donors (Lipinski definition) is 2. The highest BCUT2D eigenvalue weighted by Crippen LogP contribution is 2.05. The van der Waals surface area contributed by atoms with Crippen LogP contribution in [0.3, 0.4) is 0 Å². The van der Waals surface area contributed by atoms with E-state index in [-0.39, 0.29) is 5.82 Å². The largest absolute Gasteiger partial charge is 0.357 e. The van der Waals surface area contributed by atoms with Gasteiger partial charge in [0.05, 0.1) is 0 Å². The van der Waals surface area contributed by atoms with Gasteiger partial charge in [0.25, 0.3) is 0 Å². The number of halogens is 1. The van der Waals surface area contributed by atoms with Crippen molar-refractivity contribution < 1.29 is 4.39 Å². The standard InChI is InChI=1S/C16H26FN3/c1-4-18-16(20-12-13(2)3)19-10-6-8-14-7-5-9-15(17)11-14/h5,7,9,11,13H,4,6,8,10,12H2,1-3H3,(H2,18,19,20). The summed E-state index contributed by atoms with van der Waals surface area (Å²) in [6.07, 6.45) is 1.82. The zero-order valence-electron chi connectivity index (χ0n) is 12.7. The Morgan fingerprint density at radius 2 is 2.10 bits per heavy atom. The van der Waals surface area contributed by atoms with Gasteiger partial charge >= 0.3 is 0 Å². The smallest absolute Gasteiger partial charge is 0.191 e. The van der Waals surface area contributed by atoms with Gasteiger partial charge in [-0.1, -0.05) is 26.0 Å². The molecule has 0 unspecified atom stereocenters. The second-order valence-corrected chi connectivity index (χ2v) is 5.27. The lowest BCUT2D eigenvalue weighted by molar-refractivity contribution is 0.624. The quantitative estimate of drug-likeness (QED) is 0.457. The zero-order valence-corrected chi connectivity index (χ0v) is 12.7. The van der Waals surface area contributed by atoms with E-state index in [2.05, 4.69) is 36.4 Å². The van der Waals surface area contributed by atoms with Gasteiger partial charge < -0.3 is 10.6 Å². The Balaban J connectivity index is 2.31. The molecule has 1 rings (SSSR count). The highest BCUT2D eigenvalue weighted by atomic mass is 19.1. The Morgan fingerprint density at radius 3 is 2.75 bits per heavy atom. The number of benzene rings is 1. The van der Waals surface area contributed by atoms with E-state index in [0.29, 0.717) is 5.92 Å². The van der Waals surface area contributed by atoms with Crippen LogP contribution in [0.25, 0.3) is 0 Å². The maximum atomic E-state index is 13.0. The first-order valence-electron chi connectivity index (χ1n) is 7.38. The molecule has 0 aromatic heterocycles. The first-order valence-corrected chi connectivity index (χ1v) is 7.38. The number of aryl methyl sites for hydroxylation is 1. The highest BCUT2D eigenvalue weighted by Gasteiger charge is 1.99. The minimum Gasteiger partial charge on any atom is -0.357 e. The molecule has 20 heavy (non-hydrogen) atoms. The fraction of sp³-hybridized carbons (Fsp3) is 0.562. The topological polar surface area (TPSA) is 36.4 Å². The normalized spacial score (nSPS) is 11.8. The van der Waals surface area contributed by atoms with Crippen molar-refractivity contribution in [2.75, 3.05) is 19.6 Å². The van der Waals surface area contributed by atoms with Crippen molar-refractivity contribution in [3.8, 4) is 0 Å². The predicted octanol–water partition coefficient (Wildman–Crippen LogP) is 2.97. The van der Waals surface area contributed by atoms with Crippen LogP contribution < -0.4 is 10.6 Å². The van der Waals surface area contributed by atoms with Gasteiger partial charge in [0.15, 0.2) is 5.96 Å². The Kier molecular flexibility index (Phi) is 7.70. The molecule has 3 nitrogen and oxygen atoms in total. The summed E-state index contributed by atoms with van der Waals surface area (Å²) in [4.78, 5) is 4.51. The molecule has 0 fully saturated rings. The number of rotatable bonds is 7. The van der Waals surface area contributed by atoms with E-state index in [9.17, 15) is 4.39 Å². The summed E-state index contributed by atoms with van der Waals surface area (Å²) >= 11 is 0. The summed E-state index contributed by atoms with van der Waals surface area (Å²) in [6.45, 7) is 8.86. The van der Waals surface area contributed by atoms with Crippen molar-refractivity contribution in [3.63, 3.8) is 0 Å². The lowest BCUT2D eigenvalue weighted by Crippen LogP contribution is -2.38.